The van der Waals surface area contributed by atoms with Crippen LogP contribution in [0.2, 0.25) is 0 Å². The van der Waals surface area contributed by atoms with E-state index in [0.717, 1.165) is 12.0 Å². The Morgan fingerprint density at radius 3 is 2.74 bits per heavy atom. The highest BCUT2D eigenvalue weighted by Crippen LogP contribution is 2.13. The molecular formula is C12H18ClN5S. The Kier molecular flexibility index (Phi) is 5.65. The third-order valence-corrected chi connectivity index (χ3v) is 4.03. The number of nitrogen functional groups attached to an aromatic ring is 1. The van der Waals surface area contributed by atoms with E-state index < -0.39 is 0 Å². The predicted octanol–water partition coefficient (Wildman–Crippen LogP) is -2.42. The van der Waals surface area contributed by atoms with E-state index in [2.05, 4.69) is 27.0 Å². The number of hydrogen-bond donors (Lipinski definition) is 2. The Labute approximate surface area is 123 Å². The first-order valence-electron chi connectivity index (χ1n) is 5.86. The number of nitrogens with two attached hydrogens (primary N) is 2. The lowest BCUT2D eigenvalue weighted by atomic mass is 10.2. The second-order valence-electron chi connectivity index (χ2n) is 4.23. The van der Waals surface area contributed by atoms with Crippen molar-refractivity contribution in [1.29, 1.82) is 0 Å². The van der Waals surface area contributed by atoms with Crippen molar-refractivity contribution in [2.45, 2.75) is 26.8 Å². The lowest BCUT2D eigenvalue weighted by molar-refractivity contribution is -0.689. The minimum Gasteiger partial charge on any atom is -1.00 e. The van der Waals surface area contributed by atoms with E-state index in [-0.39, 0.29) is 12.4 Å². The smallest absolute Gasteiger partial charge is 0.225 e. The Morgan fingerprint density at radius 2 is 2.11 bits per heavy atom. The second-order valence-corrected chi connectivity index (χ2v) is 5.17. The summed E-state index contributed by atoms with van der Waals surface area (Å²) < 4.78 is 2.17. The van der Waals surface area contributed by atoms with E-state index in [4.69, 9.17) is 11.5 Å². The molecule has 0 amide bonds. The summed E-state index contributed by atoms with van der Waals surface area (Å²) in [7, 11) is 0. The highest BCUT2D eigenvalue weighted by Gasteiger charge is 2.16. The molecule has 0 saturated heterocycles. The quantitative estimate of drug-likeness (QED) is 0.616. The molecule has 7 heteroatoms. The molecule has 0 spiro atoms. The van der Waals surface area contributed by atoms with Crippen LogP contribution in [0.15, 0.2) is 11.7 Å². The van der Waals surface area contributed by atoms with Crippen LogP contribution in [-0.4, -0.2) is 16.5 Å². The molecule has 0 radical (unpaired) electrons. The first-order valence-corrected chi connectivity index (χ1v) is 6.74. The molecule has 4 N–H and O–H groups in total. The van der Waals surface area contributed by atoms with Gasteiger partial charge in [-0.3, -0.25) is 0 Å². The Bertz CT molecular complexity index is 555. The normalized spacial score (nSPS) is 10.3. The molecule has 5 nitrogen and oxygen atoms in total. The van der Waals surface area contributed by atoms with Gasteiger partial charge in [0.2, 0.25) is 5.51 Å². The van der Waals surface area contributed by atoms with Gasteiger partial charge < -0.3 is 23.9 Å². The highest BCUT2D eigenvalue weighted by atomic mass is 35.5. The molecule has 2 heterocycles. The molecule has 0 aliphatic rings. The first kappa shape index (κ1) is 15.8. The van der Waals surface area contributed by atoms with E-state index in [1.54, 1.807) is 17.5 Å². The van der Waals surface area contributed by atoms with Crippen LogP contribution in [0.4, 0.5) is 5.82 Å². The zero-order valence-electron chi connectivity index (χ0n) is 11.1. The summed E-state index contributed by atoms with van der Waals surface area (Å²) in [6.45, 7) is 5.32. The molecule has 0 atom stereocenters. The minimum atomic E-state index is 0. The van der Waals surface area contributed by atoms with Crippen molar-refractivity contribution in [3.8, 4) is 0 Å². The molecule has 0 bridgehead atoms. The summed E-state index contributed by atoms with van der Waals surface area (Å²) in [5, 5.41) is 0. The van der Waals surface area contributed by atoms with Crippen molar-refractivity contribution in [3.63, 3.8) is 0 Å². The number of nitrogens with zero attached hydrogens (tertiary/aromatic N) is 3. The van der Waals surface area contributed by atoms with Gasteiger partial charge in [-0.05, 0) is 13.5 Å². The first-order chi connectivity index (χ1) is 8.61. The van der Waals surface area contributed by atoms with Crippen molar-refractivity contribution >= 4 is 17.2 Å². The van der Waals surface area contributed by atoms with Gasteiger partial charge in [0.1, 0.15) is 11.6 Å². The molecule has 0 unspecified atom stereocenters. The average Bonchev–Trinajstić information content (AvgIpc) is 2.66. The molecule has 0 aliphatic carbocycles. The summed E-state index contributed by atoms with van der Waals surface area (Å²) in [5.41, 5.74) is 15.8. The lowest BCUT2D eigenvalue weighted by Crippen LogP contribution is -3.00. The summed E-state index contributed by atoms with van der Waals surface area (Å²) >= 11 is 1.73. The Hall–Kier alpha value is -1.24. The summed E-state index contributed by atoms with van der Waals surface area (Å²) in [5.74, 6) is 1.26. The van der Waals surface area contributed by atoms with E-state index in [1.807, 2.05) is 6.92 Å². The maximum atomic E-state index is 5.90. The SMILES string of the molecule is Cc1ncc(C[n+]2csc(CCN)c2C)c(N)n1.[Cl-]. The minimum absolute atomic E-state index is 0. The fourth-order valence-electron chi connectivity index (χ4n) is 1.80. The molecule has 2 aromatic heterocycles. The molecule has 104 valence electrons. The van der Waals surface area contributed by atoms with Gasteiger partial charge in [-0.25, -0.2) is 9.97 Å². The van der Waals surface area contributed by atoms with Gasteiger partial charge in [0.25, 0.3) is 0 Å². The molecule has 0 aromatic carbocycles. The van der Waals surface area contributed by atoms with E-state index in [0.29, 0.717) is 24.7 Å². The van der Waals surface area contributed by atoms with E-state index in [9.17, 15) is 0 Å². The van der Waals surface area contributed by atoms with Crippen LogP contribution in [0.1, 0.15) is 22.0 Å². The Balaban J connectivity index is 0.00000180. The van der Waals surface area contributed by atoms with Gasteiger partial charge in [-0.15, -0.1) is 0 Å². The van der Waals surface area contributed by atoms with Crippen molar-refractivity contribution in [1.82, 2.24) is 9.97 Å². The average molecular weight is 300 g/mol. The number of halogens is 1. The number of thiazole rings is 1. The van der Waals surface area contributed by atoms with Crippen LogP contribution in [0.3, 0.4) is 0 Å². The van der Waals surface area contributed by atoms with Crippen molar-refractivity contribution in [2.75, 3.05) is 12.3 Å². The molecule has 19 heavy (non-hydrogen) atoms. The van der Waals surface area contributed by atoms with Crippen molar-refractivity contribution < 1.29 is 17.0 Å². The lowest BCUT2D eigenvalue weighted by Gasteiger charge is -2.01. The number of rotatable bonds is 4. The number of hydrogen-bond acceptors (Lipinski definition) is 5. The van der Waals surface area contributed by atoms with Gasteiger partial charge in [0.05, 0.1) is 10.4 Å². The summed E-state index contributed by atoms with van der Waals surface area (Å²) in [4.78, 5) is 9.69. The standard InChI is InChI=1S/C12H18N5S.ClH/c1-8-11(3-4-13)18-7-17(8)6-10-5-15-9(2)16-12(10)14;/h5,7H,3-4,6,13H2,1-2H3,(H2,14,15,16);1H/q+1;/p-1. The molecule has 0 aliphatic heterocycles. The largest absolute Gasteiger partial charge is 1.00 e. The fourth-order valence-corrected chi connectivity index (χ4v) is 2.81. The monoisotopic (exact) mass is 299 g/mol. The second kappa shape index (κ2) is 6.79. The molecule has 2 rings (SSSR count). The number of anilines is 1. The summed E-state index contributed by atoms with van der Waals surface area (Å²) in [6, 6.07) is 0. The van der Waals surface area contributed by atoms with E-state index in [1.165, 1.54) is 10.6 Å². The molecule has 2 aromatic rings. The number of aryl methyl sites for hydroxylation is 1. The van der Waals surface area contributed by atoms with Crippen LogP contribution in [-0.2, 0) is 13.0 Å². The van der Waals surface area contributed by atoms with Gasteiger partial charge >= 0.3 is 0 Å². The van der Waals surface area contributed by atoms with Crippen LogP contribution in [0.5, 0.6) is 0 Å². The fraction of sp³-hybridized carbons (Fsp3) is 0.417. The zero-order chi connectivity index (χ0) is 13.1. The summed E-state index contributed by atoms with van der Waals surface area (Å²) in [6.07, 6.45) is 2.72. The topological polar surface area (TPSA) is 81.7 Å². The third kappa shape index (κ3) is 3.62. The third-order valence-electron chi connectivity index (χ3n) is 2.89. The van der Waals surface area contributed by atoms with Crippen LogP contribution < -0.4 is 28.4 Å². The van der Waals surface area contributed by atoms with Crippen molar-refractivity contribution in [2.24, 2.45) is 5.73 Å². The number of aromatic nitrogens is 3. The van der Waals surface area contributed by atoms with Crippen LogP contribution in [0, 0.1) is 13.8 Å². The zero-order valence-corrected chi connectivity index (χ0v) is 12.6. The maximum Gasteiger partial charge on any atom is 0.225 e. The molecule has 0 saturated carbocycles. The van der Waals surface area contributed by atoms with Crippen molar-refractivity contribution in [3.05, 3.63) is 33.7 Å². The van der Waals surface area contributed by atoms with E-state index >= 15 is 0 Å². The Morgan fingerprint density at radius 1 is 1.37 bits per heavy atom. The van der Waals surface area contributed by atoms with Gasteiger partial charge in [-0.1, -0.05) is 11.3 Å². The van der Waals surface area contributed by atoms with Gasteiger partial charge in [0, 0.05) is 19.5 Å². The van der Waals surface area contributed by atoms with Gasteiger partial charge in [0.15, 0.2) is 12.2 Å². The van der Waals surface area contributed by atoms with Crippen LogP contribution >= 0.6 is 11.3 Å². The predicted molar refractivity (Wildman–Crippen MR) is 72.3 cm³/mol. The maximum absolute atomic E-state index is 5.90. The highest BCUT2D eigenvalue weighted by molar-refractivity contribution is 7.09. The van der Waals surface area contributed by atoms with Gasteiger partial charge in [-0.2, -0.15) is 4.57 Å². The van der Waals surface area contributed by atoms with Crippen LogP contribution in [0.25, 0.3) is 0 Å². The molecular weight excluding hydrogens is 282 g/mol. The molecule has 0 fully saturated rings.